The Morgan fingerprint density at radius 2 is 1.94 bits per heavy atom. The van der Waals surface area contributed by atoms with Crippen LogP contribution >= 0.6 is 11.6 Å². The van der Waals surface area contributed by atoms with Crippen LogP contribution in [0.3, 0.4) is 0 Å². The number of hydrogen-bond acceptors (Lipinski definition) is 8. The Bertz CT molecular complexity index is 1240. The molecule has 0 spiro atoms. The molecule has 33 heavy (non-hydrogen) atoms. The molecule has 12 heteroatoms. The largest absolute Gasteiger partial charge is 0.379 e. The van der Waals surface area contributed by atoms with Crippen LogP contribution in [0.5, 0.6) is 0 Å². The van der Waals surface area contributed by atoms with Crippen molar-refractivity contribution in [3.05, 3.63) is 76.3 Å². The van der Waals surface area contributed by atoms with Crippen LogP contribution in [-0.2, 0) is 13.1 Å². The summed E-state index contributed by atoms with van der Waals surface area (Å²) in [5.74, 6) is -0.935. The molecule has 0 fully saturated rings. The maximum absolute atomic E-state index is 13.4. The molecule has 0 unspecified atom stereocenters. The van der Waals surface area contributed by atoms with E-state index in [2.05, 4.69) is 35.8 Å². The van der Waals surface area contributed by atoms with E-state index in [0.717, 1.165) is 11.3 Å². The molecule has 0 bridgehead atoms. The quantitative estimate of drug-likeness (QED) is 0.317. The molecular weight excluding hydrogens is 451 g/mol. The summed E-state index contributed by atoms with van der Waals surface area (Å²) >= 11 is 6.16. The molecule has 2 aromatic heterocycles. The summed E-state index contributed by atoms with van der Waals surface area (Å²) in [4.78, 5) is 13.5. The number of aromatic nitrogens is 5. The Morgan fingerprint density at radius 1 is 1.12 bits per heavy atom. The van der Waals surface area contributed by atoms with Crippen LogP contribution in [0, 0.1) is 5.82 Å². The first-order chi connectivity index (χ1) is 16.0. The van der Waals surface area contributed by atoms with Gasteiger partial charge in [-0.2, -0.15) is 15.0 Å². The molecule has 0 aliphatic rings. The van der Waals surface area contributed by atoms with Crippen molar-refractivity contribution in [3.63, 3.8) is 0 Å². The van der Waals surface area contributed by atoms with E-state index in [-0.39, 0.29) is 11.5 Å². The Balaban J connectivity index is 1.41. The van der Waals surface area contributed by atoms with Crippen LogP contribution in [0.4, 0.5) is 10.2 Å². The second-order valence-electron chi connectivity index (χ2n) is 7.06. The van der Waals surface area contributed by atoms with Gasteiger partial charge in [0.1, 0.15) is 17.2 Å². The predicted molar refractivity (Wildman–Crippen MR) is 119 cm³/mol. The maximum Gasteiger partial charge on any atom is 0.277 e. The zero-order valence-electron chi connectivity index (χ0n) is 17.3. The number of halogens is 2. The van der Waals surface area contributed by atoms with Crippen molar-refractivity contribution in [1.82, 2.24) is 35.9 Å². The van der Waals surface area contributed by atoms with E-state index in [1.807, 2.05) is 30.3 Å². The van der Waals surface area contributed by atoms with Crippen molar-refractivity contribution < 1.29 is 13.8 Å². The van der Waals surface area contributed by atoms with Gasteiger partial charge >= 0.3 is 0 Å². The number of amides is 1. The number of rotatable bonds is 9. The second kappa shape index (κ2) is 10.2. The van der Waals surface area contributed by atoms with Crippen LogP contribution in [0.2, 0.25) is 5.02 Å². The lowest BCUT2D eigenvalue weighted by Gasteiger charge is -2.05. The summed E-state index contributed by atoms with van der Waals surface area (Å²) in [7, 11) is 0. The lowest BCUT2D eigenvalue weighted by atomic mass is 10.1. The second-order valence-corrected chi connectivity index (χ2v) is 7.47. The topological polar surface area (TPSA) is 137 Å². The van der Waals surface area contributed by atoms with Crippen LogP contribution in [0.1, 0.15) is 21.7 Å². The minimum Gasteiger partial charge on any atom is -0.379 e. The number of nitrogens with two attached hydrogens (primary N) is 1. The zero-order chi connectivity index (χ0) is 23.2. The van der Waals surface area contributed by atoms with Gasteiger partial charge in [-0.25, -0.2) is 9.02 Å². The van der Waals surface area contributed by atoms with Gasteiger partial charge in [0.15, 0.2) is 0 Å². The first-order valence-corrected chi connectivity index (χ1v) is 10.4. The van der Waals surface area contributed by atoms with E-state index in [1.165, 1.54) is 16.9 Å². The van der Waals surface area contributed by atoms with E-state index in [4.69, 9.17) is 17.3 Å². The van der Waals surface area contributed by atoms with E-state index >= 15 is 0 Å². The number of hydrogen-bond donors (Lipinski definition) is 3. The molecule has 4 aromatic rings. The Hall–Kier alpha value is -3.83. The van der Waals surface area contributed by atoms with Crippen molar-refractivity contribution in [2.24, 2.45) is 0 Å². The number of nitrogen functional groups attached to an aromatic ring is 1. The third kappa shape index (κ3) is 5.51. The standard InChI is InChI=1S/C21H20ClFN8O2/c22-16-10-15(23)7-6-14(16)12-31-27-17(18(28-31)13-4-2-1-3-5-13)11-25-8-9-26-21(32)19-20(24)30-33-29-19/h1-7,10,25H,8-9,11-12H2,(H2,24,30)(H,26,32). The average molecular weight is 471 g/mol. The lowest BCUT2D eigenvalue weighted by molar-refractivity contribution is 0.0944. The van der Waals surface area contributed by atoms with Crippen molar-refractivity contribution in [1.29, 1.82) is 0 Å². The van der Waals surface area contributed by atoms with Crippen LogP contribution in [0.25, 0.3) is 11.3 Å². The van der Waals surface area contributed by atoms with Gasteiger partial charge < -0.3 is 16.4 Å². The monoisotopic (exact) mass is 470 g/mol. The van der Waals surface area contributed by atoms with Crippen LogP contribution in [-0.4, -0.2) is 44.3 Å². The molecular formula is C21H20ClFN8O2. The minimum absolute atomic E-state index is 0.0521. The molecule has 2 heterocycles. The molecule has 4 rings (SSSR count). The van der Waals surface area contributed by atoms with Gasteiger partial charge in [0.2, 0.25) is 11.5 Å². The highest BCUT2D eigenvalue weighted by Crippen LogP contribution is 2.22. The fraction of sp³-hybridized carbons (Fsp3) is 0.190. The van der Waals surface area contributed by atoms with E-state index in [1.54, 1.807) is 6.07 Å². The highest BCUT2D eigenvalue weighted by molar-refractivity contribution is 6.31. The number of nitrogens with one attached hydrogen (secondary N) is 2. The van der Waals surface area contributed by atoms with Gasteiger partial charge in [0.25, 0.3) is 5.91 Å². The number of carbonyl (C=O) groups excluding carboxylic acids is 1. The summed E-state index contributed by atoms with van der Waals surface area (Å²) in [5.41, 5.74) is 8.50. The number of anilines is 1. The average Bonchev–Trinajstić information content (AvgIpc) is 3.42. The highest BCUT2D eigenvalue weighted by Gasteiger charge is 2.16. The third-order valence-corrected chi connectivity index (χ3v) is 5.06. The van der Waals surface area contributed by atoms with Crippen LogP contribution in [0.15, 0.2) is 53.2 Å². The van der Waals surface area contributed by atoms with Crippen molar-refractivity contribution in [2.45, 2.75) is 13.1 Å². The van der Waals surface area contributed by atoms with Crippen molar-refractivity contribution in [3.8, 4) is 11.3 Å². The van der Waals surface area contributed by atoms with Crippen LogP contribution < -0.4 is 16.4 Å². The summed E-state index contributed by atoms with van der Waals surface area (Å²) in [6.07, 6.45) is 0. The van der Waals surface area contributed by atoms with Gasteiger partial charge in [-0.15, -0.1) is 0 Å². The number of benzene rings is 2. The van der Waals surface area contributed by atoms with Gasteiger partial charge in [-0.05, 0) is 28.0 Å². The van der Waals surface area contributed by atoms with Crippen molar-refractivity contribution in [2.75, 3.05) is 18.8 Å². The van der Waals surface area contributed by atoms with Gasteiger partial charge in [0, 0.05) is 30.2 Å². The first kappa shape index (κ1) is 22.4. The molecule has 4 N–H and O–H groups in total. The lowest BCUT2D eigenvalue weighted by Crippen LogP contribution is -2.32. The normalized spacial score (nSPS) is 11.0. The smallest absolute Gasteiger partial charge is 0.277 e. The molecule has 1 amide bonds. The van der Waals surface area contributed by atoms with Crippen molar-refractivity contribution >= 4 is 23.3 Å². The SMILES string of the molecule is Nc1nonc1C(=O)NCCNCc1nn(Cc2ccc(F)cc2Cl)nc1-c1ccccc1. The third-order valence-electron chi connectivity index (χ3n) is 4.71. The molecule has 0 saturated heterocycles. The first-order valence-electron chi connectivity index (χ1n) is 10.0. The fourth-order valence-electron chi connectivity index (χ4n) is 3.10. The van der Waals surface area contributed by atoms with Gasteiger partial charge in [-0.3, -0.25) is 4.79 Å². The molecule has 10 nitrogen and oxygen atoms in total. The maximum atomic E-state index is 13.4. The highest BCUT2D eigenvalue weighted by atomic mass is 35.5. The zero-order valence-corrected chi connectivity index (χ0v) is 18.1. The van der Waals surface area contributed by atoms with E-state index in [0.29, 0.717) is 42.5 Å². The van der Waals surface area contributed by atoms with Gasteiger partial charge in [-0.1, -0.05) is 48.0 Å². The van der Waals surface area contributed by atoms with Gasteiger partial charge in [0.05, 0.1) is 6.54 Å². The Labute approximate surface area is 192 Å². The van der Waals surface area contributed by atoms with E-state index < -0.39 is 11.7 Å². The fourth-order valence-corrected chi connectivity index (χ4v) is 3.33. The molecule has 0 aliphatic carbocycles. The molecule has 170 valence electrons. The summed E-state index contributed by atoms with van der Waals surface area (Å²) < 4.78 is 17.8. The summed E-state index contributed by atoms with van der Waals surface area (Å²) in [6, 6.07) is 13.9. The molecule has 2 aromatic carbocycles. The molecule has 0 saturated carbocycles. The summed E-state index contributed by atoms with van der Waals surface area (Å²) in [6.45, 7) is 1.49. The predicted octanol–water partition coefficient (Wildman–Crippen LogP) is 2.27. The summed E-state index contributed by atoms with van der Waals surface area (Å²) in [5, 5.41) is 22.2. The minimum atomic E-state index is -0.470. The Morgan fingerprint density at radius 3 is 2.67 bits per heavy atom. The Kier molecular flexibility index (Phi) is 6.91. The number of nitrogens with zero attached hydrogens (tertiary/aromatic N) is 5. The molecule has 0 aliphatic heterocycles. The number of carbonyl (C=O) groups is 1. The molecule has 0 radical (unpaired) electrons. The van der Waals surface area contributed by atoms with E-state index in [9.17, 15) is 9.18 Å². The molecule has 0 atom stereocenters.